The fourth-order valence-corrected chi connectivity index (χ4v) is 1.99. The molecule has 1 aromatic heterocycles. The Hall–Kier alpha value is -1.62. The Balaban J connectivity index is 2.48. The summed E-state index contributed by atoms with van der Waals surface area (Å²) in [7, 11) is 0. The number of amides is 1. The van der Waals surface area contributed by atoms with Gasteiger partial charge in [-0.05, 0) is 30.7 Å². The summed E-state index contributed by atoms with van der Waals surface area (Å²) in [6.07, 6.45) is 0.856. The van der Waals surface area contributed by atoms with E-state index in [1.165, 1.54) is 0 Å². The van der Waals surface area contributed by atoms with Gasteiger partial charge in [-0.25, -0.2) is 0 Å². The Morgan fingerprint density at radius 2 is 2.22 bits per heavy atom. The second-order valence-corrected chi connectivity index (χ2v) is 4.84. The predicted octanol–water partition coefficient (Wildman–Crippen LogP) is 2.81. The van der Waals surface area contributed by atoms with Crippen LogP contribution in [0.4, 0.5) is 0 Å². The van der Waals surface area contributed by atoms with E-state index in [0.29, 0.717) is 12.1 Å². The molecule has 1 amide bonds. The van der Waals surface area contributed by atoms with Crippen LogP contribution in [0.5, 0.6) is 0 Å². The fraction of sp³-hybridized carbons (Fsp3) is 0.231. The average molecular weight is 309 g/mol. The number of nitrogens with one attached hydrogen (secondary N) is 2. The van der Waals surface area contributed by atoms with Crippen molar-refractivity contribution in [1.29, 1.82) is 5.41 Å². The van der Waals surface area contributed by atoms with Gasteiger partial charge in [0.2, 0.25) is 5.55 Å². The van der Waals surface area contributed by atoms with Gasteiger partial charge in [-0.2, -0.15) is 0 Å². The van der Waals surface area contributed by atoms with Crippen LogP contribution in [0.2, 0.25) is 0 Å². The highest BCUT2D eigenvalue weighted by Gasteiger charge is 2.10. The van der Waals surface area contributed by atoms with E-state index >= 15 is 0 Å². The Kier molecular flexibility index (Phi) is 3.81. The molecule has 0 aliphatic carbocycles. The normalized spacial score (nSPS) is 10.6. The van der Waals surface area contributed by atoms with Gasteiger partial charge in [0.15, 0.2) is 0 Å². The summed E-state index contributed by atoms with van der Waals surface area (Å²) in [4.78, 5) is 11.9. The molecule has 1 heterocycles. The minimum absolute atomic E-state index is 0.113. The third kappa shape index (κ3) is 2.61. The van der Waals surface area contributed by atoms with Gasteiger partial charge >= 0.3 is 0 Å². The first kappa shape index (κ1) is 12.8. The number of rotatable bonds is 3. The average Bonchev–Trinajstić information content (AvgIpc) is 2.35. The van der Waals surface area contributed by atoms with Gasteiger partial charge in [-0.3, -0.25) is 10.2 Å². The number of benzene rings is 1. The van der Waals surface area contributed by atoms with Crippen LogP contribution in [0.25, 0.3) is 11.0 Å². The van der Waals surface area contributed by atoms with E-state index in [2.05, 4.69) is 21.2 Å². The highest BCUT2D eigenvalue weighted by atomic mass is 79.9. The molecule has 94 valence electrons. The third-order valence-corrected chi connectivity index (χ3v) is 3.00. The van der Waals surface area contributed by atoms with E-state index in [0.717, 1.165) is 16.3 Å². The molecule has 0 bridgehead atoms. The van der Waals surface area contributed by atoms with Crippen molar-refractivity contribution in [3.63, 3.8) is 0 Å². The van der Waals surface area contributed by atoms with Crippen molar-refractivity contribution >= 4 is 32.8 Å². The highest BCUT2D eigenvalue weighted by Crippen LogP contribution is 2.19. The van der Waals surface area contributed by atoms with Crippen LogP contribution in [-0.4, -0.2) is 12.5 Å². The van der Waals surface area contributed by atoms with Crippen molar-refractivity contribution in [2.75, 3.05) is 6.54 Å². The minimum atomic E-state index is -0.271. The molecule has 0 radical (unpaired) electrons. The van der Waals surface area contributed by atoms with Crippen LogP contribution < -0.4 is 10.9 Å². The summed E-state index contributed by atoms with van der Waals surface area (Å²) in [6.45, 7) is 2.57. The van der Waals surface area contributed by atoms with Crippen molar-refractivity contribution < 1.29 is 9.21 Å². The van der Waals surface area contributed by atoms with Gasteiger partial charge in [0.05, 0.1) is 0 Å². The lowest BCUT2D eigenvalue weighted by molar-refractivity contribution is 0.0949. The molecule has 18 heavy (non-hydrogen) atoms. The minimum Gasteiger partial charge on any atom is -0.438 e. The van der Waals surface area contributed by atoms with Crippen LogP contribution in [0, 0.1) is 5.41 Å². The van der Waals surface area contributed by atoms with Gasteiger partial charge in [-0.15, -0.1) is 0 Å². The summed E-state index contributed by atoms with van der Waals surface area (Å²) in [5, 5.41) is 11.3. The molecule has 0 unspecified atom stereocenters. The molecule has 0 saturated carbocycles. The van der Waals surface area contributed by atoms with E-state index in [-0.39, 0.29) is 17.0 Å². The third-order valence-electron chi connectivity index (χ3n) is 2.51. The number of carbonyl (C=O) groups excluding carboxylic acids is 1. The lowest BCUT2D eigenvalue weighted by atomic mass is 10.2. The van der Waals surface area contributed by atoms with Crippen molar-refractivity contribution in [1.82, 2.24) is 5.32 Å². The first-order chi connectivity index (χ1) is 8.61. The zero-order valence-corrected chi connectivity index (χ0v) is 11.5. The molecule has 4 nitrogen and oxygen atoms in total. The predicted molar refractivity (Wildman–Crippen MR) is 72.4 cm³/mol. The molecule has 0 spiro atoms. The molecule has 0 atom stereocenters. The first-order valence-corrected chi connectivity index (χ1v) is 6.47. The first-order valence-electron chi connectivity index (χ1n) is 5.68. The fourth-order valence-electron chi connectivity index (χ4n) is 1.61. The molecule has 1 aromatic carbocycles. The number of halogens is 1. The number of fused-ring (bicyclic) bond motifs is 1. The molecule has 2 rings (SSSR count). The molecule has 0 aliphatic rings. The quantitative estimate of drug-likeness (QED) is 0.915. The van der Waals surface area contributed by atoms with Gasteiger partial charge in [-0.1, -0.05) is 22.9 Å². The maximum Gasteiger partial charge on any atom is 0.256 e. The zero-order chi connectivity index (χ0) is 13.1. The Morgan fingerprint density at radius 1 is 1.44 bits per heavy atom. The van der Waals surface area contributed by atoms with E-state index in [9.17, 15) is 4.79 Å². The summed E-state index contributed by atoms with van der Waals surface area (Å²) < 4.78 is 6.24. The Labute approximate surface area is 113 Å². The Morgan fingerprint density at radius 3 is 2.94 bits per heavy atom. The number of hydrogen-bond acceptors (Lipinski definition) is 3. The highest BCUT2D eigenvalue weighted by molar-refractivity contribution is 9.10. The smallest absolute Gasteiger partial charge is 0.256 e. The van der Waals surface area contributed by atoms with Gasteiger partial charge in [0, 0.05) is 16.4 Å². The van der Waals surface area contributed by atoms with E-state index in [1.807, 2.05) is 19.1 Å². The van der Waals surface area contributed by atoms with Crippen LogP contribution in [0.3, 0.4) is 0 Å². The molecule has 0 aliphatic heterocycles. The maximum absolute atomic E-state index is 11.9. The Bertz CT molecular complexity index is 649. The topological polar surface area (TPSA) is 66.1 Å². The van der Waals surface area contributed by atoms with E-state index < -0.39 is 0 Å². The summed E-state index contributed by atoms with van der Waals surface area (Å²) in [5.41, 5.74) is 0.739. The standard InChI is InChI=1S/C13H13BrN2O2/c1-2-5-16-13(17)10-7-8-6-9(14)3-4-11(8)18-12(10)15/h3-4,6-7,15H,2,5H2,1H3,(H,16,17). The largest absolute Gasteiger partial charge is 0.438 e. The summed E-state index contributed by atoms with van der Waals surface area (Å²) in [6, 6.07) is 7.14. The van der Waals surface area contributed by atoms with Crippen molar-refractivity contribution in [2.24, 2.45) is 0 Å². The molecule has 5 heteroatoms. The molecular formula is C13H13BrN2O2. The van der Waals surface area contributed by atoms with Crippen molar-refractivity contribution in [3.05, 3.63) is 39.9 Å². The summed E-state index contributed by atoms with van der Waals surface area (Å²) >= 11 is 3.37. The molecular weight excluding hydrogens is 296 g/mol. The second kappa shape index (κ2) is 5.35. The monoisotopic (exact) mass is 308 g/mol. The van der Waals surface area contributed by atoms with Crippen LogP contribution in [0.15, 0.2) is 33.2 Å². The number of hydrogen-bond donors (Lipinski definition) is 2. The van der Waals surface area contributed by atoms with E-state index in [1.54, 1.807) is 12.1 Å². The lowest BCUT2D eigenvalue weighted by Crippen LogP contribution is -2.28. The number of carbonyl (C=O) groups is 1. The van der Waals surface area contributed by atoms with Gasteiger partial charge < -0.3 is 9.73 Å². The molecule has 2 aromatic rings. The van der Waals surface area contributed by atoms with Crippen LogP contribution in [0.1, 0.15) is 23.7 Å². The lowest BCUT2D eigenvalue weighted by Gasteiger charge is -2.05. The van der Waals surface area contributed by atoms with Crippen LogP contribution >= 0.6 is 15.9 Å². The molecule has 2 N–H and O–H groups in total. The SMILES string of the molecule is CCCNC(=O)c1cc2cc(Br)ccc2oc1=N. The zero-order valence-electron chi connectivity index (χ0n) is 9.92. The van der Waals surface area contributed by atoms with Gasteiger partial charge in [0.1, 0.15) is 11.1 Å². The molecule has 0 fully saturated rings. The summed E-state index contributed by atoms with van der Waals surface area (Å²) in [5.74, 6) is -0.271. The van der Waals surface area contributed by atoms with Crippen molar-refractivity contribution in [2.45, 2.75) is 13.3 Å². The molecule has 0 saturated heterocycles. The van der Waals surface area contributed by atoms with Crippen LogP contribution in [-0.2, 0) is 0 Å². The second-order valence-electron chi connectivity index (χ2n) is 3.93. The van der Waals surface area contributed by atoms with Crippen molar-refractivity contribution in [3.8, 4) is 0 Å². The maximum atomic E-state index is 11.9. The van der Waals surface area contributed by atoms with Gasteiger partial charge in [0.25, 0.3) is 5.91 Å². The van der Waals surface area contributed by atoms with E-state index in [4.69, 9.17) is 9.83 Å².